The summed E-state index contributed by atoms with van der Waals surface area (Å²) in [6.07, 6.45) is -36.6. The summed E-state index contributed by atoms with van der Waals surface area (Å²) in [6, 6.07) is 0.287. The number of benzene rings is 10. The van der Waals surface area contributed by atoms with Gasteiger partial charge in [0.2, 0.25) is 63.3 Å². The Morgan fingerprint density at radius 3 is 0.817 bits per heavy atom. The van der Waals surface area contributed by atoms with E-state index in [2.05, 4.69) is 0 Å². The number of rotatable bonds is 2. The van der Waals surface area contributed by atoms with Crippen LogP contribution in [0.3, 0.4) is 0 Å². The topological polar surface area (TPSA) is 960 Å². The van der Waals surface area contributed by atoms with Crippen molar-refractivity contribution in [1.82, 2.24) is 0 Å². The Hall–Kier alpha value is -19.3. The zero-order valence-corrected chi connectivity index (χ0v) is 69.3. The number of aliphatic hydroxyl groups is 4. The molecule has 11 aliphatic rings. The minimum absolute atomic E-state index is 0.0391. The summed E-state index contributed by atoms with van der Waals surface area (Å²) in [6.45, 7) is -5.85. The lowest BCUT2D eigenvalue weighted by Gasteiger charge is -2.51. The van der Waals surface area contributed by atoms with Gasteiger partial charge in [0.1, 0.15) is 31.5 Å². The van der Waals surface area contributed by atoms with Crippen molar-refractivity contribution in [2.75, 3.05) is 19.8 Å². The molecule has 142 heavy (non-hydrogen) atoms. The molecular formula is C87H58O55. The lowest BCUT2D eigenvalue weighted by molar-refractivity contribution is -0.341. The number of hydrogen-bond donors (Lipinski definition) is 34. The molecule has 1 saturated heterocycles. The molecule has 0 saturated carbocycles. The Balaban J connectivity index is 0.930. The molecule has 0 aliphatic carbocycles. The summed E-state index contributed by atoms with van der Waals surface area (Å²) in [5, 5.41) is 408. The third-order valence-corrected chi connectivity index (χ3v) is 25.5. The van der Waals surface area contributed by atoms with Gasteiger partial charge in [0.05, 0.1) is 74.1 Å². The van der Waals surface area contributed by atoms with E-state index >= 15 is 47.9 Å². The van der Waals surface area contributed by atoms with Crippen molar-refractivity contribution < 1.29 is 274 Å². The summed E-state index contributed by atoms with van der Waals surface area (Å²) in [5.74, 6) is -94.2. The third kappa shape index (κ3) is 12.2. The third-order valence-electron chi connectivity index (χ3n) is 25.5. The molecular weight excluding hydrogens is 1920 g/mol. The fraction of sp³-hybridized carbons (Fsp3) is 0.195. The number of ether oxygens (including phenoxy) is 11. The van der Waals surface area contributed by atoms with Gasteiger partial charge >= 0.3 is 59.7 Å². The average molecular weight is 1980 g/mol. The van der Waals surface area contributed by atoms with E-state index in [1.54, 1.807) is 0 Å². The van der Waals surface area contributed by atoms with Crippen LogP contribution in [0.25, 0.3) is 66.8 Å². The van der Waals surface area contributed by atoms with Crippen LogP contribution in [0.4, 0.5) is 0 Å². The van der Waals surface area contributed by atoms with E-state index in [0.29, 0.717) is 0 Å². The first kappa shape index (κ1) is 91.8. The van der Waals surface area contributed by atoms with Gasteiger partial charge in [-0.15, -0.1) is 0 Å². The first-order chi connectivity index (χ1) is 66.7. The number of aromatic hydroxyl groups is 30. The average Bonchev–Trinajstić information content (AvgIpc) is 1.06. The van der Waals surface area contributed by atoms with E-state index in [0.717, 1.165) is 0 Å². The molecule has 11 aliphatic heterocycles. The fourth-order valence-corrected chi connectivity index (χ4v) is 19.1. The van der Waals surface area contributed by atoms with Crippen molar-refractivity contribution in [3.05, 3.63) is 103 Å². The Bertz CT molecular complexity index is 7630. The zero-order valence-electron chi connectivity index (χ0n) is 69.3. The van der Waals surface area contributed by atoms with Crippen LogP contribution in [0.1, 0.15) is 132 Å². The van der Waals surface area contributed by atoms with Crippen molar-refractivity contribution in [3.8, 4) is 239 Å². The predicted octanol–water partition coefficient (Wildman–Crippen LogP) is 0.900. The number of phenolic OH excluding ortho intramolecular Hbond substituents is 30. The number of carbonyl (C=O) groups is 10. The molecule has 0 amide bonds. The van der Waals surface area contributed by atoms with Crippen molar-refractivity contribution in [1.29, 1.82) is 0 Å². The number of cyclic esters (lactones) is 2. The van der Waals surface area contributed by atoms with Crippen LogP contribution in [-0.4, -0.2) is 326 Å². The maximum atomic E-state index is 17.1. The van der Waals surface area contributed by atoms with Crippen LogP contribution >= 0.6 is 0 Å². The van der Waals surface area contributed by atoms with Crippen LogP contribution in [0.5, 0.6) is 172 Å². The maximum absolute atomic E-state index is 17.1. The van der Waals surface area contributed by atoms with E-state index in [9.17, 15) is 174 Å². The van der Waals surface area contributed by atoms with E-state index in [4.69, 9.17) is 52.1 Å². The second kappa shape index (κ2) is 30.9. The van der Waals surface area contributed by atoms with E-state index < -0.39 is 476 Å². The van der Waals surface area contributed by atoms with Crippen LogP contribution in [0.15, 0.2) is 30.3 Å². The summed E-state index contributed by atoms with van der Waals surface area (Å²) in [4.78, 5) is 161. The van der Waals surface area contributed by atoms with Gasteiger partial charge in [-0.05, 0) is 30.3 Å². The molecule has 14 atom stereocenters. The molecule has 0 spiro atoms. The summed E-state index contributed by atoms with van der Waals surface area (Å²) in [7, 11) is 0. The summed E-state index contributed by atoms with van der Waals surface area (Å²) >= 11 is 0. The molecule has 21 rings (SSSR count). The van der Waals surface area contributed by atoms with Gasteiger partial charge in [-0.1, -0.05) is 0 Å². The van der Waals surface area contributed by atoms with Gasteiger partial charge < -0.3 is 226 Å². The molecule has 12 bridgehead atoms. The van der Waals surface area contributed by atoms with Gasteiger partial charge in [-0.25, -0.2) is 47.9 Å². The highest BCUT2D eigenvalue weighted by Crippen LogP contribution is 2.69. The zero-order chi connectivity index (χ0) is 103. The highest BCUT2D eigenvalue weighted by Gasteiger charge is 2.67. The molecule has 55 nitrogen and oxygen atoms in total. The molecule has 55 heteroatoms. The second-order valence-electron chi connectivity index (χ2n) is 32.9. The summed E-state index contributed by atoms with van der Waals surface area (Å²) in [5.41, 5.74) is -44.4. The highest BCUT2D eigenvalue weighted by atomic mass is 16.7. The highest BCUT2D eigenvalue weighted by molar-refractivity contribution is 6.20. The first-order valence-electron chi connectivity index (χ1n) is 40.1. The van der Waals surface area contributed by atoms with Crippen LogP contribution in [0, 0.1) is 0 Å². The van der Waals surface area contributed by atoms with Crippen LogP contribution < -0.4 is 0 Å². The van der Waals surface area contributed by atoms with Crippen molar-refractivity contribution >= 4 is 59.7 Å². The number of carbonyl (C=O) groups excluding carboxylic acids is 10. The quantitative estimate of drug-likeness (QED) is 0.0649. The predicted molar refractivity (Wildman–Crippen MR) is 436 cm³/mol. The maximum Gasteiger partial charge on any atom is 0.340 e. The molecule has 34 N–H and O–H groups in total. The van der Waals surface area contributed by atoms with Crippen LogP contribution in [0.2, 0.25) is 0 Å². The van der Waals surface area contributed by atoms with Gasteiger partial charge in [0.25, 0.3) is 0 Å². The fourth-order valence-electron chi connectivity index (χ4n) is 19.1. The molecule has 11 heterocycles. The van der Waals surface area contributed by atoms with E-state index in [1.807, 2.05) is 0 Å². The smallest absolute Gasteiger partial charge is 0.340 e. The monoisotopic (exact) mass is 1980 g/mol. The number of esters is 10. The normalized spacial score (nSPS) is 23.5. The molecule has 10 aromatic carbocycles. The standard InChI is InChI=1S/C87H58O55/c88-14-1-9-22(50(100)44(14)94)23-10(2-15(89)45(95)51(23)101)80(124)137-70-20(7-132-77(9)121)135-78(122)11-3-16(90)46(96)52(102)24(11)28-38-30(58(108)65(115)56(28)106)31-40-35(63(113)68(118)59(31)109)36(72(139-83(40)127)74(70)141-84(38)128)34-37-27(55(105)67(117)62(34)112)26-13(5-18(92)48(98)54(26)104)81(125)138-71-21(8-133-82(37)126)136-79(123)12-4-17(91)47(97)53(103)25(12)29-39-32(60(110)66(116)57(29)107)33-41-42(64(114)69(119)61(33)111)43(73(140-86(41)130)75(71)142-85(39)129)87(131)76(120)49(99)19(93)6-134-87/h1-5,19-21,36,43,49,70-76,88-120,131H,6-8H2/t19-,20-,21-,36-,43-,49+,70-,71-,72+,73+,74+,75+,76+,87+/m1/s1. The molecule has 0 radical (unpaired) electrons. The van der Waals surface area contributed by atoms with Crippen molar-refractivity contribution in [3.63, 3.8) is 0 Å². The summed E-state index contributed by atoms with van der Waals surface area (Å²) < 4.78 is 65.0. The minimum atomic E-state index is -4.09. The number of fused-ring (bicyclic) bond motifs is 14. The number of aliphatic hydroxyl groups excluding tert-OH is 3. The molecule has 0 aromatic heterocycles. The lowest BCUT2D eigenvalue weighted by Crippen LogP contribution is -2.68. The van der Waals surface area contributed by atoms with Gasteiger partial charge in [-0.2, -0.15) is 0 Å². The molecule has 0 unspecified atom stereocenters. The Morgan fingerprint density at radius 1 is 0.218 bits per heavy atom. The molecule has 736 valence electrons. The Kier molecular flexibility index (Phi) is 19.9. The van der Waals surface area contributed by atoms with Crippen LogP contribution in [-0.2, 0) is 52.1 Å². The first-order valence-corrected chi connectivity index (χ1v) is 40.1. The second-order valence-corrected chi connectivity index (χ2v) is 32.9. The number of phenols is 30. The Morgan fingerprint density at radius 2 is 0.458 bits per heavy atom. The largest absolute Gasteiger partial charge is 0.504 e. The van der Waals surface area contributed by atoms with Crippen molar-refractivity contribution in [2.24, 2.45) is 0 Å². The molecule has 1 fully saturated rings. The van der Waals surface area contributed by atoms with Gasteiger partial charge in [-0.3, -0.25) is 0 Å². The lowest BCUT2D eigenvalue weighted by atomic mass is 9.71. The SMILES string of the molecule is O=C1OC[C@H]2OC(=O)c3cc(O)c(O)c(O)c3-c3c(O)c(O)c(O)c4c3C(=O)O[C@H]([C@H]3OC(=O)c5c-4c(O)c(O)c(O)c5[C@H]3c3c(O)c(O)c(O)c4c3C(=O)OC[C@H]3OC(=O)c5cc(O)c(O)c(O)c5-c5c(O)c(O)c(O)c6c5C(=O)O[C@H]([C@H]5OC(=O)c7c-6c(O)c(O)c(O)c7[C@H]5[C@]5(O)OC[C@@H](O)[C@H](O)[C@@H]5O)[C@@H]3OC(=O)c3cc(O)c(O)c(O)c3-4)[C@@H]2OC(=O)c2cc(O)c(O)c(O)c2-c2c1cc(O)c(O)c2O. The van der Waals surface area contributed by atoms with Crippen molar-refractivity contribution in [2.45, 2.75) is 84.8 Å². The van der Waals surface area contributed by atoms with E-state index in [-0.39, 0.29) is 30.3 Å². The van der Waals surface area contributed by atoms with Gasteiger partial charge in [0, 0.05) is 83.5 Å². The molecule has 10 aromatic rings. The minimum Gasteiger partial charge on any atom is -0.504 e. The Labute approximate surface area is 777 Å². The van der Waals surface area contributed by atoms with E-state index in [1.165, 1.54) is 0 Å². The van der Waals surface area contributed by atoms with Gasteiger partial charge in [0.15, 0.2) is 164 Å². The number of hydrogen-bond acceptors (Lipinski definition) is 55.